The maximum absolute atomic E-state index is 0. The van der Waals surface area contributed by atoms with E-state index in [0.717, 1.165) is 0 Å². The van der Waals surface area contributed by atoms with Gasteiger partial charge < -0.3 is 0 Å². The van der Waals surface area contributed by atoms with Gasteiger partial charge in [0.25, 0.3) is 0 Å². The van der Waals surface area contributed by atoms with Crippen LogP contribution in [0.2, 0.25) is 0 Å². The Kier molecular flexibility index (Phi) is 507. The molecule has 0 aliphatic rings. The summed E-state index contributed by atoms with van der Waals surface area (Å²) < 4.78 is 0. The first kappa shape index (κ1) is 66.0. The second-order valence-corrected chi connectivity index (χ2v) is 0. The molecule has 0 aliphatic carbocycles. The Morgan fingerprint density at radius 3 is 1.00 bits per heavy atom. The Hall–Kier alpha value is 1.16. The summed E-state index contributed by atoms with van der Waals surface area (Å²) in [4.78, 5) is 0. The van der Waals surface area contributed by atoms with Crippen molar-refractivity contribution >= 4 is 19.4 Å². The Morgan fingerprint density at radius 2 is 1.00 bits per heavy atom. The first-order valence-electron chi connectivity index (χ1n) is 0. The molecule has 0 spiro atoms. The topological polar surface area (TPSA) is 0 Å². The summed E-state index contributed by atoms with van der Waals surface area (Å²) in [6.07, 6.45) is 0. The molecule has 0 bridgehead atoms. The van der Waals surface area contributed by atoms with Crippen LogP contribution in [0, 0.1) is 0 Å². The first-order valence-corrected chi connectivity index (χ1v) is 0. The number of hydrogen-bond acceptors (Lipinski definition) is 0. The van der Waals surface area contributed by atoms with Gasteiger partial charge in [0.15, 0.2) is 0 Å². The van der Waals surface area contributed by atoms with E-state index < -0.39 is 0 Å². The normalized spacial score (nSPS) is 0. The maximum Gasteiger partial charge on any atom is 0 e. The fourth-order valence-corrected chi connectivity index (χ4v) is 0. The zero-order chi connectivity index (χ0) is 0. The second kappa shape index (κ2) is 30.7. The van der Waals surface area contributed by atoms with Crippen molar-refractivity contribution in [2.45, 2.75) is 7.43 Å². The third-order valence-electron chi connectivity index (χ3n) is 0. The van der Waals surface area contributed by atoms with Crippen LogP contribution in [0.15, 0.2) is 0 Å². The van der Waals surface area contributed by atoms with Crippen LogP contribution < -0.4 is 0 Å². The Balaban J connectivity index is 0. The molecule has 19 valence electrons. The zero-order valence-corrected chi connectivity index (χ0v) is 5.04. The molecule has 0 amide bonds. The van der Waals surface area contributed by atoms with Gasteiger partial charge in [0.1, 0.15) is 0 Å². The predicted octanol–water partition coefficient (Wildman–Crippen LogP) is -0.128. The Bertz CT molecular complexity index is 8.00. The minimum absolute atomic E-state index is 0. The smallest absolute Gasteiger partial charge is 0 e. The minimum atomic E-state index is 0. The number of rotatable bonds is 0. The van der Waals surface area contributed by atoms with E-state index in [1.54, 1.807) is 0 Å². The standard InChI is InChI=1S/CH4.B.Si.Zr/h1H4;;;. The van der Waals surface area contributed by atoms with Gasteiger partial charge in [0.05, 0.1) is 0 Å². The molecule has 0 aromatic heterocycles. The molecule has 0 saturated carbocycles. The van der Waals surface area contributed by atoms with Gasteiger partial charge in [0.2, 0.25) is 0 Å². The summed E-state index contributed by atoms with van der Waals surface area (Å²) in [7, 11) is 0. The molecule has 0 aliphatic heterocycles. The molecule has 0 rings (SSSR count). The SMILES string of the molecule is C.[B].[Si].[Zr]. The monoisotopic (exact) mass is 145 g/mol. The van der Waals surface area contributed by atoms with Gasteiger partial charge in [-0.25, -0.2) is 0 Å². The van der Waals surface area contributed by atoms with Crippen molar-refractivity contribution < 1.29 is 26.2 Å². The molecule has 7 radical (unpaired) electrons. The fourth-order valence-electron chi connectivity index (χ4n) is 0. The Morgan fingerprint density at radius 1 is 1.00 bits per heavy atom. The van der Waals surface area contributed by atoms with E-state index in [-0.39, 0.29) is 53.0 Å². The summed E-state index contributed by atoms with van der Waals surface area (Å²) in [5.74, 6) is 0. The van der Waals surface area contributed by atoms with Crippen molar-refractivity contribution in [3.63, 3.8) is 0 Å². The summed E-state index contributed by atoms with van der Waals surface area (Å²) in [6, 6.07) is 0. The van der Waals surface area contributed by atoms with Crippen molar-refractivity contribution in [3.05, 3.63) is 0 Å². The van der Waals surface area contributed by atoms with Crippen LogP contribution in [-0.2, 0) is 26.2 Å². The van der Waals surface area contributed by atoms with E-state index in [1.165, 1.54) is 0 Å². The van der Waals surface area contributed by atoms with Gasteiger partial charge in [-0.2, -0.15) is 0 Å². The molecule has 4 heavy (non-hydrogen) atoms. The van der Waals surface area contributed by atoms with Gasteiger partial charge in [-0.3, -0.25) is 0 Å². The van der Waals surface area contributed by atoms with Crippen molar-refractivity contribution in [2.24, 2.45) is 0 Å². The maximum atomic E-state index is 0. The third kappa shape index (κ3) is 10.9. The number of hydrogen-bond donors (Lipinski definition) is 0. The molecule has 0 aromatic carbocycles. The fraction of sp³-hybridized carbons (Fsp3) is 1.00. The quantitative estimate of drug-likeness (QED) is 0.418. The molecule has 0 atom stereocenters. The van der Waals surface area contributed by atoms with E-state index in [2.05, 4.69) is 0 Å². The predicted molar refractivity (Wildman–Crippen MR) is 18.2 cm³/mol. The van der Waals surface area contributed by atoms with Gasteiger partial charge in [-0.05, 0) is 0 Å². The van der Waals surface area contributed by atoms with Crippen LogP contribution in [0.25, 0.3) is 0 Å². The summed E-state index contributed by atoms with van der Waals surface area (Å²) in [6.45, 7) is 0. The molecule has 0 saturated heterocycles. The molecular formula is CH4BSiZr. The molecule has 0 N–H and O–H groups in total. The average molecular weight is 146 g/mol. The third-order valence-corrected chi connectivity index (χ3v) is 0. The molecule has 3 heteroatoms. The van der Waals surface area contributed by atoms with E-state index >= 15 is 0 Å². The van der Waals surface area contributed by atoms with Crippen LogP contribution >= 0.6 is 0 Å². The van der Waals surface area contributed by atoms with Crippen LogP contribution in [0.5, 0.6) is 0 Å². The van der Waals surface area contributed by atoms with Crippen molar-refractivity contribution in [3.8, 4) is 0 Å². The van der Waals surface area contributed by atoms with Crippen LogP contribution in [0.3, 0.4) is 0 Å². The molecule has 0 fully saturated rings. The Labute approximate surface area is 53.1 Å². The van der Waals surface area contributed by atoms with Crippen LogP contribution in [0.1, 0.15) is 7.43 Å². The van der Waals surface area contributed by atoms with Crippen LogP contribution in [0.4, 0.5) is 0 Å². The second-order valence-electron chi connectivity index (χ2n) is 0. The first-order chi connectivity index (χ1) is 0. The van der Waals surface area contributed by atoms with E-state index in [4.69, 9.17) is 0 Å². The van der Waals surface area contributed by atoms with Crippen molar-refractivity contribution in [1.29, 1.82) is 0 Å². The van der Waals surface area contributed by atoms with Crippen molar-refractivity contribution in [2.75, 3.05) is 0 Å². The summed E-state index contributed by atoms with van der Waals surface area (Å²) >= 11 is 0. The van der Waals surface area contributed by atoms with Gasteiger partial charge >= 0.3 is 0 Å². The van der Waals surface area contributed by atoms with Gasteiger partial charge in [-0.15, -0.1) is 0 Å². The largest absolute Gasteiger partial charge is 0.0776 e. The zero-order valence-electron chi connectivity index (χ0n) is 1.58. The van der Waals surface area contributed by atoms with E-state index in [1.807, 2.05) is 0 Å². The van der Waals surface area contributed by atoms with E-state index in [9.17, 15) is 0 Å². The van der Waals surface area contributed by atoms with Crippen molar-refractivity contribution in [1.82, 2.24) is 0 Å². The summed E-state index contributed by atoms with van der Waals surface area (Å²) in [5, 5.41) is 0. The molecule has 0 unspecified atom stereocenters. The molecular weight excluding hydrogens is 142 g/mol. The average Bonchev–Trinajstić information content (AvgIpc) is 0. The minimum Gasteiger partial charge on any atom is -0.0776 e. The van der Waals surface area contributed by atoms with Gasteiger partial charge in [-0.1, -0.05) is 7.43 Å². The molecule has 0 heterocycles. The summed E-state index contributed by atoms with van der Waals surface area (Å²) in [5.41, 5.74) is 0. The molecule has 0 nitrogen and oxygen atoms in total. The van der Waals surface area contributed by atoms with Crippen LogP contribution in [-0.4, -0.2) is 19.4 Å². The van der Waals surface area contributed by atoms with E-state index in [0.29, 0.717) is 0 Å². The van der Waals surface area contributed by atoms with Gasteiger partial charge in [0, 0.05) is 45.6 Å². The molecule has 0 aromatic rings.